The van der Waals surface area contributed by atoms with E-state index >= 15 is 0 Å². The molecule has 2 heteroatoms. The summed E-state index contributed by atoms with van der Waals surface area (Å²) >= 11 is 0. The lowest BCUT2D eigenvalue weighted by atomic mass is 10.0. The Morgan fingerprint density at radius 3 is 2.10 bits per heavy atom. The molecule has 2 nitrogen and oxygen atoms in total. The average Bonchev–Trinajstić information content (AvgIpc) is 2.48. The minimum absolute atomic E-state index is 0.790. The van der Waals surface area contributed by atoms with Gasteiger partial charge < -0.3 is 9.64 Å². The summed E-state index contributed by atoms with van der Waals surface area (Å²) in [6, 6.07) is 19.2. The van der Waals surface area contributed by atoms with E-state index in [0.717, 1.165) is 26.2 Å². The number of nitrogens with zero attached hydrogens (tertiary/aromatic N) is 1. The molecular weight excluding hydrogens is 246 g/mol. The Labute approximate surface area is 122 Å². The van der Waals surface area contributed by atoms with E-state index in [9.17, 15) is 0 Å². The number of hydrogen-bond acceptors (Lipinski definition) is 2. The molecule has 106 valence electrons. The molecule has 20 heavy (non-hydrogen) atoms. The summed E-state index contributed by atoms with van der Waals surface area (Å²) in [5, 5.41) is 0. The Morgan fingerprint density at radius 2 is 1.45 bits per heavy atom. The molecule has 0 bridgehead atoms. The van der Waals surface area contributed by atoms with Crippen molar-refractivity contribution in [1.82, 2.24) is 4.90 Å². The van der Waals surface area contributed by atoms with Crippen molar-refractivity contribution < 1.29 is 4.74 Å². The van der Waals surface area contributed by atoms with Gasteiger partial charge in [-0.25, -0.2) is 0 Å². The maximum Gasteiger partial charge on any atom is 0.0593 e. The molecule has 0 amide bonds. The number of rotatable bonds is 7. The van der Waals surface area contributed by atoms with Gasteiger partial charge in [0.05, 0.1) is 13.2 Å². The van der Waals surface area contributed by atoms with Crippen molar-refractivity contribution in [3.05, 3.63) is 60.2 Å². The van der Waals surface area contributed by atoms with Gasteiger partial charge in [0, 0.05) is 6.54 Å². The van der Waals surface area contributed by atoms with E-state index in [-0.39, 0.29) is 0 Å². The van der Waals surface area contributed by atoms with Gasteiger partial charge in [0.1, 0.15) is 0 Å². The Bertz CT molecular complexity index is 491. The van der Waals surface area contributed by atoms with E-state index < -0.39 is 0 Å². The van der Waals surface area contributed by atoms with Crippen LogP contribution in [0, 0.1) is 0 Å². The molecule has 0 aliphatic rings. The van der Waals surface area contributed by atoms with Crippen molar-refractivity contribution in [1.29, 1.82) is 0 Å². The first-order valence-electron chi connectivity index (χ1n) is 7.12. The highest BCUT2D eigenvalue weighted by Gasteiger charge is 1.98. The predicted octanol–water partition coefficient (Wildman–Crippen LogP) is 3.47. The molecule has 0 heterocycles. The highest BCUT2D eigenvalue weighted by molar-refractivity contribution is 5.63. The second-order valence-electron chi connectivity index (χ2n) is 5.23. The van der Waals surface area contributed by atoms with E-state index in [1.165, 1.54) is 16.7 Å². The van der Waals surface area contributed by atoms with Crippen molar-refractivity contribution in [2.45, 2.75) is 6.42 Å². The van der Waals surface area contributed by atoms with Crippen LogP contribution in [-0.2, 0) is 11.2 Å². The third kappa shape index (κ3) is 4.80. The first-order chi connectivity index (χ1) is 9.75. The minimum atomic E-state index is 0.790. The second-order valence-corrected chi connectivity index (χ2v) is 5.23. The molecule has 0 aromatic heterocycles. The Hall–Kier alpha value is -1.64. The standard InChI is InChI=1S/C18H23NO/c1-19(2)13-15-20-14-12-16-8-10-18(11-9-16)17-6-4-3-5-7-17/h3-11H,12-15H2,1-2H3. The van der Waals surface area contributed by atoms with Gasteiger partial charge in [0.25, 0.3) is 0 Å². The minimum Gasteiger partial charge on any atom is -0.380 e. The largest absolute Gasteiger partial charge is 0.380 e. The zero-order valence-electron chi connectivity index (χ0n) is 12.4. The molecule has 0 N–H and O–H groups in total. The van der Waals surface area contributed by atoms with Crippen LogP contribution in [0.2, 0.25) is 0 Å². The normalized spacial score (nSPS) is 10.9. The summed E-state index contributed by atoms with van der Waals surface area (Å²) < 4.78 is 5.62. The average molecular weight is 269 g/mol. The quantitative estimate of drug-likeness (QED) is 0.714. The molecule has 0 saturated carbocycles. The Balaban J connectivity index is 1.80. The molecule has 2 aromatic carbocycles. The maximum absolute atomic E-state index is 5.62. The van der Waals surface area contributed by atoms with Crippen LogP contribution in [0.3, 0.4) is 0 Å². The monoisotopic (exact) mass is 269 g/mol. The van der Waals surface area contributed by atoms with Gasteiger partial charge in [-0.1, -0.05) is 54.6 Å². The van der Waals surface area contributed by atoms with Crippen molar-refractivity contribution in [2.75, 3.05) is 33.9 Å². The van der Waals surface area contributed by atoms with Crippen LogP contribution in [0.25, 0.3) is 11.1 Å². The van der Waals surface area contributed by atoms with Crippen LogP contribution in [0.4, 0.5) is 0 Å². The van der Waals surface area contributed by atoms with Gasteiger partial charge in [-0.2, -0.15) is 0 Å². The third-order valence-electron chi connectivity index (χ3n) is 3.28. The summed E-state index contributed by atoms with van der Waals surface area (Å²) in [5.41, 5.74) is 3.86. The van der Waals surface area contributed by atoms with E-state index in [1.807, 2.05) is 6.07 Å². The van der Waals surface area contributed by atoms with Crippen molar-refractivity contribution in [3.63, 3.8) is 0 Å². The molecule has 2 rings (SSSR count). The summed E-state index contributed by atoms with van der Waals surface area (Å²) in [6.45, 7) is 2.57. The molecule has 0 aliphatic carbocycles. The lowest BCUT2D eigenvalue weighted by Gasteiger charge is -2.10. The van der Waals surface area contributed by atoms with Crippen LogP contribution < -0.4 is 0 Å². The van der Waals surface area contributed by atoms with Crippen molar-refractivity contribution in [3.8, 4) is 11.1 Å². The summed E-state index contributed by atoms with van der Waals surface area (Å²) in [4.78, 5) is 2.13. The number of benzene rings is 2. The SMILES string of the molecule is CN(C)CCOCCc1ccc(-c2ccccc2)cc1. The Kier molecular flexibility index (Phi) is 5.78. The molecule has 2 aromatic rings. The second kappa shape index (κ2) is 7.83. The van der Waals surface area contributed by atoms with Crippen molar-refractivity contribution >= 4 is 0 Å². The summed E-state index contributed by atoms with van der Waals surface area (Å²) in [5.74, 6) is 0. The lowest BCUT2D eigenvalue weighted by Crippen LogP contribution is -2.18. The molecule has 0 aliphatic heterocycles. The summed E-state index contributed by atoms with van der Waals surface area (Å²) in [6.07, 6.45) is 0.975. The van der Waals surface area contributed by atoms with Gasteiger partial charge in [-0.05, 0) is 37.2 Å². The fourth-order valence-corrected chi connectivity index (χ4v) is 2.03. The van der Waals surface area contributed by atoms with E-state index in [2.05, 4.69) is 67.5 Å². The van der Waals surface area contributed by atoms with Gasteiger partial charge >= 0.3 is 0 Å². The maximum atomic E-state index is 5.62. The lowest BCUT2D eigenvalue weighted by molar-refractivity contribution is 0.120. The van der Waals surface area contributed by atoms with Crippen LogP contribution in [-0.4, -0.2) is 38.8 Å². The summed E-state index contributed by atoms with van der Waals surface area (Å²) in [7, 11) is 4.12. The topological polar surface area (TPSA) is 12.5 Å². The molecule has 0 unspecified atom stereocenters. The highest BCUT2D eigenvalue weighted by atomic mass is 16.5. The number of ether oxygens (including phenoxy) is 1. The Morgan fingerprint density at radius 1 is 0.800 bits per heavy atom. The van der Waals surface area contributed by atoms with Gasteiger partial charge in [0.15, 0.2) is 0 Å². The van der Waals surface area contributed by atoms with Crippen LogP contribution in [0.15, 0.2) is 54.6 Å². The first-order valence-corrected chi connectivity index (χ1v) is 7.12. The van der Waals surface area contributed by atoms with Crippen LogP contribution >= 0.6 is 0 Å². The zero-order valence-corrected chi connectivity index (χ0v) is 12.4. The molecule has 0 radical (unpaired) electrons. The van der Waals surface area contributed by atoms with E-state index in [1.54, 1.807) is 0 Å². The molecule has 0 atom stereocenters. The fraction of sp³-hybridized carbons (Fsp3) is 0.333. The molecule has 0 saturated heterocycles. The van der Waals surface area contributed by atoms with Crippen LogP contribution in [0.5, 0.6) is 0 Å². The molecular formula is C18H23NO. The molecule has 0 spiro atoms. The van der Waals surface area contributed by atoms with E-state index in [4.69, 9.17) is 4.74 Å². The van der Waals surface area contributed by atoms with Crippen LogP contribution in [0.1, 0.15) is 5.56 Å². The molecule has 0 fully saturated rings. The van der Waals surface area contributed by atoms with Crippen molar-refractivity contribution in [2.24, 2.45) is 0 Å². The van der Waals surface area contributed by atoms with E-state index in [0.29, 0.717) is 0 Å². The predicted molar refractivity (Wildman–Crippen MR) is 85.0 cm³/mol. The third-order valence-corrected chi connectivity index (χ3v) is 3.28. The first kappa shape index (κ1) is 14.8. The fourth-order valence-electron chi connectivity index (χ4n) is 2.03. The van der Waals surface area contributed by atoms with Gasteiger partial charge in [-0.15, -0.1) is 0 Å². The smallest absolute Gasteiger partial charge is 0.0593 e. The number of likely N-dealkylation sites (N-methyl/N-ethyl adjacent to an activating group) is 1. The van der Waals surface area contributed by atoms with Gasteiger partial charge in [0.2, 0.25) is 0 Å². The highest BCUT2D eigenvalue weighted by Crippen LogP contribution is 2.19. The number of hydrogen-bond donors (Lipinski definition) is 0. The zero-order chi connectivity index (χ0) is 14.2. The van der Waals surface area contributed by atoms with Gasteiger partial charge in [-0.3, -0.25) is 0 Å².